The summed E-state index contributed by atoms with van der Waals surface area (Å²) in [4.78, 5) is 2.33. The zero-order valence-corrected chi connectivity index (χ0v) is 9.65. The molecule has 0 rings (SSSR count). The molecule has 0 aromatic carbocycles. The molecule has 0 heterocycles. The minimum absolute atomic E-state index is 0.498. The molecule has 0 bridgehead atoms. The molecule has 2 unspecified atom stereocenters. The molecule has 0 aromatic rings. The van der Waals surface area contributed by atoms with Gasteiger partial charge in [-0.1, -0.05) is 27.2 Å². The van der Waals surface area contributed by atoms with E-state index in [-0.39, 0.29) is 0 Å². The average Bonchev–Trinajstić information content (AvgIpc) is 2.03. The normalized spacial score (nSPS) is 19.2. The van der Waals surface area contributed by atoms with Crippen molar-refractivity contribution in [3.63, 3.8) is 0 Å². The van der Waals surface area contributed by atoms with Crippen LogP contribution in [0.1, 0.15) is 47.0 Å². The lowest BCUT2D eigenvalue weighted by Crippen LogP contribution is -2.40. The summed E-state index contributed by atoms with van der Waals surface area (Å²) in [5, 5.41) is 0. The third-order valence-corrected chi connectivity index (χ3v) is 3.41. The highest BCUT2D eigenvalue weighted by Crippen LogP contribution is 2.33. The van der Waals surface area contributed by atoms with E-state index in [9.17, 15) is 0 Å². The van der Waals surface area contributed by atoms with Gasteiger partial charge in [0.15, 0.2) is 0 Å². The molecule has 0 amide bonds. The first kappa shape index (κ1) is 12.0. The van der Waals surface area contributed by atoms with Crippen molar-refractivity contribution in [2.45, 2.75) is 53.0 Å². The van der Waals surface area contributed by atoms with E-state index in [2.05, 4.69) is 46.7 Å². The van der Waals surface area contributed by atoms with Crippen LogP contribution in [0.4, 0.5) is 0 Å². The van der Waals surface area contributed by atoms with Gasteiger partial charge in [-0.2, -0.15) is 0 Å². The minimum Gasteiger partial charge on any atom is -0.306 e. The molecular formula is C11H25N. The lowest BCUT2D eigenvalue weighted by molar-refractivity contribution is 0.116. The molecule has 1 heteroatoms. The quantitative estimate of drug-likeness (QED) is 0.614. The second-order valence-electron chi connectivity index (χ2n) is 4.40. The maximum absolute atomic E-state index is 2.40. The van der Waals surface area contributed by atoms with Gasteiger partial charge in [-0.05, 0) is 39.3 Å². The van der Waals surface area contributed by atoms with Crippen LogP contribution in [0.25, 0.3) is 0 Å². The summed E-state index contributed by atoms with van der Waals surface area (Å²) in [6.45, 7) is 9.31. The first-order chi connectivity index (χ1) is 5.48. The summed E-state index contributed by atoms with van der Waals surface area (Å²) < 4.78 is 0. The number of rotatable bonds is 5. The van der Waals surface area contributed by atoms with Crippen molar-refractivity contribution in [2.75, 3.05) is 14.1 Å². The van der Waals surface area contributed by atoms with E-state index >= 15 is 0 Å². The van der Waals surface area contributed by atoms with Gasteiger partial charge in [-0.25, -0.2) is 0 Å². The van der Waals surface area contributed by atoms with Crippen molar-refractivity contribution < 1.29 is 0 Å². The van der Waals surface area contributed by atoms with Crippen LogP contribution in [0.2, 0.25) is 0 Å². The fourth-order valence-electron chi connectivity index (χ4n) is 1.88. The maximum Gasteiger partial charge on any atom is 0.0114 e. The van der Waals surface area contributed by atoms with Gasteiger partial charge in [0.2, 0.25) is 0 Å². The number of hydrogen-bond donors (Lipinski definition) is 0. The van der Waals surface area contributed by atoms with Crippen LogP contribution in [-0.2, 0) is 0 Å². The molecule has 0 saturated heterocycles. The van der Waals surface area contributed by atoms with Gasteiger partial charge in [0.05, 0.1) is 0 Å². The van der Waals surface area contributed by atoms with Gasteiger partial charge in [-0.3, -0.25) is 0 Å². The summed E-state index contributed by atoms with van der Waals surface area (Å²) in [6.07, 6.45) is 3.91. The summed E-state index contributed by atoms with van der Waals surface area (Å²) in [5.74, 6) is 0. The molecule has 0 spiro atoms. The highest BCUT2D eigenvalue weighted by atomic mass is 15.1. The van der Waals surface area contributed by atoms with Crippen LogP contribution in [-0.4, -0.2) is 25.0 Å². The molecule has 0 aliphatic rings. The summed E-state index contributed by atoms with van der Waals surface area (Å²) in [7, 11) is 4.35. The molecule has 2 atom stereocenters. The smallest absolute Gasteiger partial charge is 0.0114 e. The van der Waals surface area contributed by atoms with Crippen molar-refractivity contribution in [3.05, 3.63) is 0 Å². The van der Waals surface area contributed by atoms with Crippen LogP contribution >= 0.6 is 0 Å². The van der Waals surface area contributed by atoms with Gasteiger partial charge in [0.1, 0.15) is 0 Å². The maximum atomic E-state index is 2.40. The fourth-order valence-corrected chi connectivity index (χ4v) is 1.88. The molecule has 0 radical (unpaired) electrons. The first-order valence-electron chi connectivity index (χ1n) is 5.14. The summed E-state index contributed by atoms with van der Waals surface area (Å²) in [6, 6.07) is 0.683. The highest BCUT2D eigenvalue weighted by Gasteiger charge is 2.29. The van der Waals surface area contributed by atoms with Crippen LogP contribution in [0, 0.1) is 5.41 Å². The van der Waals surface area contributed by atoms with Crippen molar-refractivity contribution >= 4 is 0 Å². The van der Waals surface area contributed by atoms with E-state index in [0.717, 1.165) is 0 Å². The van der Waals surface area contributed by atoms with Crippen molar-refractivity contribution in [2.24, 2.45) is 5.41 Å². The molecular weight excluding hydrogens is 146 g/mol. The Bertz CT molecular complexity index is 120. The standard InChI is InChI=1S/C11H25N/c1-7-9-11(4,8-2)10(3)12(5)6/h10H,7-9H2,1-6H3. The zero-order valence-electron chi connectivity index (χ0n) is 9.65. The van der Waals surface area contributed by atoms with Crippen LogP contribution in [0.15, 0.2) is 0 Å². The highest BCUT2D eigenvalue weighted by molar-refractivity contribution is 4.82. The Morgan fingerprint density at radius 3 is 2.00 bits per heavy atom. The number of nitrogens with zero attached hydrogens (tertiary/aromatic N) is 1. The lowest BCUT2D eigenvalue weighted by Gasteiger charge is -2.38. The zero-order chi connectivity index (χ0) is 9.78. The molecule has 0 saturated carbocycles. The Kier molecular flexibility index (Phi) is 4.84. The van der Waals surface area contributed by atoms with Gasteiger partial charge < -0.3 is 4.90 Å². The molecule has 1 nitrogen and oxygen atoms in total. The molecule has 74 valence electrons. The number of hydrogen-bond acceptors (Lipinski definition) is 1. The topological polar surface area (TPSA) is 3.24 Å². The molecule has 0 aromatic heterocycles. The van der Waals surface area contributed by atoms with Crippen molar-refractivity contribution in [3.8, 4) is 0 Å². The Labute approximate surface area is 78.1 Å². The Balaban J connectivity index is 4.28. The summed E-state index contributed by atoms with van der Waals surface area (Å²) >= 11 is 0. The van der Waals surface area contributed by atoms with Gasteiger partial charge in [-0.15, -0.1) is 0 Å². The fraction of sp³-hybridized carbons (Fsp3) is 1.00. The van der Waals surface area contributed by atoms with E-state index in [1.54, 1.807) is 0 Å². The van der Waals surface area contributed by atoms with Gasteiger partial charge >= 0.3 is 0 Å². The SMILES string of the molecule is CCCC(C)(CC)C(C)N(C)C. The van der Waals surface area contributed by atoms with E-state index in [4.69, 9.17) is 0 Å². The predicted molar refractivity (Wildman–Crippen MR) is 56.5 cm³/mol. The molecule has 0 fully saturated rings. The largest absolute Gasteiger partial charge is 0.306 e. The second-order valence-corrected chi connectivity index (χ2v) is 4.40. The average molecular weight is 171 g/mol. The Morgan fingerprint density at radius 2 is 1.75 bits per heavy atom. The molecule has 12 heavy (non-hydrogen) atoms. The van der Waals surface area contributed by atoms with Gasteiger partial charge in [0.25, 0.3) is 0 Å². The van der Waals surface area contributed by atoms with Crippen molar-refractivity contribution in [1.82, 2.24) is 4.90 Å². The van der Waals surface area contributed by atoms with Crippen LogP contribution in [0.5, 0.6) is 0 Å². The van der Waals surface area contributed by atoms with E-state index in [1.807, 2.05) is 0 Å². The monoisotopic (exact) mass is 171 g/mol. The van der Waals surface area contributed by atoms with Gasteiger partial charge in [0, 0.05) is 6.04 Å². The van der Waals surface area contributed by atoms with Crippen LogP contribution in [0.3, 0.4) is 0 Å². The third-order valence-electron chi connectivity index (χ3n) is 3.41. The Hall–Kier alpha value is -0.0400. The van der Waals surface area contributed by atoms with E-state index in [1.165, 1.54) is 19.3 Å². The van der Waals surface area contributed by atoms with E-state index < -0.39 is 0 Å². The predicted octanol–water partition coefficient (Wildman–Crippen LogP) is 3.15. The van der Waals surface area contributed by atoms with E-state index in [0.29, 0.717) is 11.5 Å². The summed E-state index contributed by atoms with van der Waals surface area (Å²) in [5.41, 5.74) is 0.498. The first-order valence-corrected chi connectivity index (χ1v) is 5.14. The lowest BCUT2D eigenvalue weighted by atomic mass is 9.76. The minimum atomic E-state index is 0.498. The Morgan fingerprint density at radius 1 is 1.25 bits per heavy atom. The van der Waals surface area contributed by atoms with Crippen LogP contribution < -0.4 is 0 Å². The van der Waals surface area contributed by atoms with Crippen molar-refractivity contribution in [1.29, 1.82) is 0 Å². The molecule has 0 aliphatic carbocycles. The second kappa shape index (κ2) is 4.86. The molecule has 0 aliphatic heterocycles. The molecule has 0 N–H and O–H groups in total. The third kappa shape index (κ3) is 2.78.